The summed E-state index contributed by atoms with van der Waals surface area (Å²) in [7, 11) is -4.17. The highest BCUT2D eigenvalue weighted by Crippen LogP contribution is 2.49. The van der Waals surface area contributed by atoms with Crippen LogP contribution in [0, 0.1) is 0 Å². The zero-order valence-corrected chi connectivity index (χ0v) is 14.8. The molecule has 3 heterocycles. The molecular formula is C16H16N2O7S. The van der Waals surface area contributed by atoms with E-state index in [2.05, 4.69) is 4.98 Å². The molecule has 0 spiro atoms. The average molecular weight is 380 g/mol. The van der Waals surface area contributed by atoms with Gasteiger partial charge in [-0.2, -0.15) is 0 Å². The van der Waals surface area contributed by atoms with E-state index in [4.69, 9.17) is 4.74 Å². The summed E-state index contributed by atoms with van der Waals surface area (Å²) < 4.78 is 28.9. The summed E-state index contributed by atoms with van der Waals surface area (Å²) in [6.07, 6.45) is 2.82. The second-order valence-corrected chi connectivity index (χ2v) is 8.77. The molecule has 0 saturated carbocycles. The number of aromatic nitrogens is 1. The van der Waals surface area contributed by atoms with Crippen molar-refractivity contribution in [1.82, 2.24) is 9.88 Å². The monoisotopic (exact) mass is 380 g/mol. The minimum absolute atomic E-state index is 0.0542. The van der Waals surface area contributed by atoms with Crippen LogP contribution in [-0.2, 0) is 29.0 Å². The molecule has 0 aromatic carbocycles. The molecule has 26 heavy (non-hydrogen) atoms. The maximum atomic E-state index is 13.0. The third kappa shape index (κ3) is 2.40. The molecule has 10 heteroatoms. The number of aliphatic carboxylic acids is 1. The summed E-state index contributed by atoms with van der Waals surface area (Å²) in [5.74, 6) is -2.91. The number of carboxylic acid groups (broad SMARTS) is 1. The first-order valence-electron chi connectivity index (χ1n) is 7.66. The molecule has 1 aromatic rings. The maximum absolute atomic E-state index is 13.0. The van der Waals surface area contributed by atoms with Crippen molar-refractivity contribution in [2.45, 2.75) is 30.0 Å². The number of carboxylic acids is 1. The van der Waals surface area contributed by atoms with Crippen LogP contribution in [-0.4, -0.2) is 64.0 Å². The Labute approximate surface area is 149 Å². The summed E-state index contributed by atoms with van der Waals surface area (Å²) in [4.78, 5) is 40.1. The molecule has 2 fully saturated rings. The molecule has 0 bridgehead atoms. The van der Waals surface area contributed by atoms with Crippen molar-refractivity contribution in [3.8, 4) is 0 Å². The predicted octanol–water partition coefficient (Wildman–Crippen LogP) is -0.163. The van der Waals surface area contributed by atoms with Crippen molar-refractivity contribution in [2.75, 3.05) is 6.61 Å². The van der Waals surface area contributed by atoms with Crippen LogP contribution in [0.25, 0.3) is 6.08 Å². The first-order valence-corrected chi connectivity index (χ1v) is 9.21. The van der Waals surface area contributed by atoms with E-state index in [-0.39, 0.29) is 5.57 Å². The largest absolute Gasteiger partial charge is 0.480 e. The minimum Gasteiger partial charge on any atom is -0.480 e. The van der Waals surface area contributed by atoms with Gasteiger partial charge in [0.05, 0.1) is 11.3 Å². The fourth-order valence-corrected chi connectivity index (χ4v) is 5.54. The molecule has 1 unspecified atom stereocenters. The van der Waals surface area contributed by atoms with Gasteiger partial charge in [0.25, 0.3) is 5.91 Å². The standard InChI is InChI=1S/C16H16N2O7S/c1-9(19)25-8-16(2)12(15(21)22)18-13(20)11(14(18)26(16,23)24)7-10-5-3-4-6-17-10/h3-7,12,14H,8H2,1-2H3,(H,21,22)/b11-7-/t12-,14?,16-/m0/s1. The average Bonchev–Trinajstić information content (AvgIpc) is 2.74. The number of rotatable bonds is 4. The number of esters is 1. The fraction of sp³-hybridized carbons (Fsp3) is 0.375. The van der Waals surface area contributed by atoms with Crippen molar-refractivity contribution < 1.29 is 32.6 Å². The van der Waals surface area contributed by atoms with Crippen LogP contribution >= 0.6 is 0 Å². The van der Waals surface area contributed by atoms with Crippen molar-refractivity contribution in [3.05, 3.63) is 35.7 Å². The number of pyridine rings is 1. The zero-order chi connectivity index (χ0) is 19.3. The Kier molecular flexibility index (Phi) is 4.10. The lowest BCUT2D eigenvalue weighted by Gasteiger charge is -2.37. The normalized spacial score (nSPS) is 30.6. The number of ether oxygens (including phenoxy) is 1. The van der Waals surface area contributed by atoms with E-state index in [1.165, 1.54) is 19.2 Å². The molecule has 3 atom stereocenters. The Bertz CT molecular complexity index is 925. The zero-order valence-electron chi connectivity index (χ0n) is 13.9. The van der Waals surface area contributed by atoms with E-state index in [0.717, 1.165) is 11.8 Å². The van der Waals surface area contributed by atoms with Gasteiger partial charge in [0.2, 0.25) is 0 Å². The topological polar surface area (TPSA) is 131 Å². The van der Waals surface area contributed by atoms with E-state index in [1.807, 2.05) is 0 Å². The van der Waals surface area contributed by atoms with E-state index in [0.29, 0.717) is 5.69 Å². The summed E-state index contributed by atoms with van der Waals surface area (Å²) >= 11 is 0. The number of carbonyl (C=O) groups is 3. The van der Waals surface area contributed by atoms with Crippen LogP contribution in [0.15, 0.2) is 30.0 Å². The number of amides is 1. The smallest absolute Gasteiger partial charge is 0.328 e. The number of hydrogen-bond donors (Lipinski definition) is 1. The Balaban J connectivity index is 2.07. The fourth-order valence-electron chi connectivity index (χ4n) is 3.26. The van der Waals surface area contributed by atoms with Gasteiger partial charge in [-0.3, -0.25) is 14.6 Å². The second-order valence-electron chi connectivity index (χ2n) is 6.30. The highest BCUT2D eigenvalue weighted by molar-refractivity contribution is 7.94. The van der Waals surface area contributed by atoms with Crippen molar-refractivity contribution in [3.63, 3.8) is 0 Å². The molecule has 1 amide bonds. The Morgan fingerprint density at radius 3 is 2.65 bits per heavy atom. The van der Waals surface area contributed by atoms with Gasteiger partial charge in [-0.25, -0.2) is 13.2 Å². The number of carbonyl (C=O) groups excluding carboxylic acids is 2. The number of sulfone groups is 1. The van der Waals surface area contributed by atoms with Crippen molar-refractivity contribution >= 4 is 33.8 Å². The van der Waals surface area contributed by atoms with Crippen LogP contribution in [0.3, 0.4) is 0 Å². The molecule has 3 rings (SSSR count). The maximum Gasteiger partial charge on any atom is 0.328 e. The van der Waals surface area contributed by atoms with Gasteiger partial charge < -0.3 is 14.7 Å². The number of hydrogen-bond acceptors (Lipinski definition) is 7. The van der Waals surface area contributed by atoms with Gasteiger partial charge in [0.1, 0.15) is 11.4 Å². The number of fused-ring (bicyclic) bond motifs is 1. The van der Waals surface area contributed by atoms with Gasteiger partial charge in [-0.05, 0) is 25.1 Å². The SMILES string of the molecule is CC(=O)OC[C@@]1(C)[C@H](C(=O)O)N2C(=O)/C(=C/c3ccccn3)C2S1(=O)=O. The molecule has 9 nitrogen and oxygen atoms in total. The molecule has 138 valence electrons. The summed E-state index contributed by atoms with van der Waals surface area (Å²) in [5, 5.41) is 8.13. The number of β-lactam (4-membered cyclic amide) rings is 1. The highest BCUT2D eigenvalue weighted by Gasteiger charge is 2.72. The Morgan fingerprint density at radius 2 is 2.12 bits per heavy atom. The predicted molar refractivity (Wildman–Crippen MR) is 88.2 cm³/mol. The first-order chi connectivity index (χ1) is 12.1. The summed E-state index contributed by atoms with van der Waals surface area (Å²) in [6, 6.07) is 3.29. The van der Waals surface area contributed by atoms with E-state index in [9.17, 15) is 27.9 Å². The molecule has 2 aliphatic heterocycles. The van der Waals surface area contributed by atoms with Crippen molar-refractivity contribution in [2.24, 2.45) is 0 Å². The van der Waals surface area contributed by atoms with E-state index < -0.39 is 50.5 Å². The van der Waals surface area contributed by atoms with Crippen LogP contribution < -0.4 is 0 Å². The summed E-state index contributed by atoms with van der Waals surface area (Å²) in [6.45, 7) is 1.61. The Hall–Kier alpha value is -2.75. The van der Waals surface area contributed by atoms with Crippen LogP contribution in [0.4, 0.5) is 0 Å². The first kappa shape index (κ1) is 18.1. The number of nitrogens with zero attached hydrogens (tertiary/aromatic N) is 2. The third-order valence-electron chi connectivity index (χ3n) is 4.59. The molecule has 2 saturated heterocycles. The van der Waals surface area contributed by atoms with E-state index in [1.54, 1.807) is 18.2 Å². The lowest BCUT2D eigenvalue weighted by Crippen LogP contribution is -2.59. The minimum atomic E-state index is -4.17. The van der Waals surface area contributed by atoms with Crippen LogP contribution in [0.1, 0.15) is 19.5 Å². The van der Waals surface area contributed by atoms with E-state index >= 15 is 0 Å². The molecule has 0 radical (unpaired) electrons. The van der Waals surface area contributed by atoms with Crippen molar-refractivity contribution in [1.29, 1.82) is 0 Å². The molecule has 2 aliphatic rings. The lowest BCUT2D eigenvalue weighted by molar-refractivity contribution is -0.155. The van der Waals surface area contributed by atoms with Gasteiger partial charge in [-0.15, -0.1) is 0 Å². The van der Waals surface area contributed by atoms with Gasteiger partial charge in [0, 0.05) is 13.1 Å². The third-order valence-corrected chi connectivity index (χ3v) is 7.30. The highest BCUT2D eigenvalue weighted by atomic mass is 32.2. The quantitative estimate of drug-likeness (QED) is 0.433. The Morgan fingerprint density at radius 1 is 1.42 bits per heavy atom. The lowest BCUT2D eigenvalue weighted by atomic mass is 9.94. The molecule has 1 N–H and O–H groups in total. The van der Waals surface area contributed by atoms with Crippen LogP contribution in [0.5, 0.6) is 0 Å². The second kappa shape index (κ2) is 5.90. The van der Waals surface area contributed by atoms with Gasteiger partial charge in [-0.1, -0.05) is 6.07 Å². The van der Waals surface area contributed by atoms with Crippen LogP contribution in [0.2, 0.25) is 0 Å². The summed E-state index contributed by atoms with van der Waals surface area (Å²) in [5.41, 5.74) is 0.327. The van der Waals surface area contributed by atoms with Gasteiger partial charge >= 0.3 is 11.9 Å². The molecule has 1 aromatic heterocycles. The van der Waals surface area contributed by atoms with Gasteiger partial charge in [0.15, 0.2) is 21.3 Å². The molecular weight excluding hydrogens is 364 g/mol. The molecule has 0 aliphatic carbocycles.